The molecule has 1 rings (SSSR count). The van der Waals surface area contributed by atoms with Crippen molar-refractivity contribution in [3.63, 3.8) is 0 Å². The van der Waals surface area contributed by atoms with E-state index in [1.807, 2.05) is 19.1 Å². The van der Waals surface area contributed by atoms with E-state index < -0.39 is 0 Å². The predicted octanol–water partition coefficient (Wildman–Crippen LogP) is 2.84. The first-order chi connectivity index (χ1) is 6.26. The van der Waals surface area contributed by atoms with E-state index >= 15 is 0 Å². The van der Waals surface area contributed by atoms with Crippen LogP contribution < -0.4 is 0 Å². The molecule has 1 aromatic heterocycles. The largest absolute Gasteiger partial charge is 0.298 e. The van der Waals surface area contributed by atoms with Gasteiger partial charge in [-0.05, 0) is 46.1 Å². The maximum atomic E-state index is 10.5. The smallest absolute Gasteiger partial charge is 0.146 e. The first kappa shape index (κ1) is 10.1. The number of aldehydes is 1. The molecule has 0 aliphatic rings. The van der Waals surface area contributed by atoms with Crippen molar-refractivity contribution in [2.24, 2.45) is 0 Å². The van der Waals surface area contributed by atoms with Crippen LogP contribution in [0.15, 0.2) is 28.4 Å². The van der Waals surface area contributed by atoms with Crippen LogP contribution in [0.1, 0.15) is 19.0 Å². The summed E-state index contributed by atoms with van der Waals surface area (Å²) in [4.78, 5) is 14.6. The third-order valence-electron chi connectivity index (χ3n) is 1.64. The maximum Gasteiger partial charge on any atom is 0.146 e. The second-order valence-electron chi connectivity index (χ2n) is 2.59. The number of rotatable bonds is 3. The predicted molar refractivity (Wildman–Crippen MR) is 56.3 cm³/mol. The van der Waals surface area contributed by atoms with Crippen molar-refractivity contribution in [3.05, 3.63) is 34.1 Å². The molecule has 0 unspecified atom stereocenters. The molecule has 13 heavy (non-hydrogen) atoms. The van der Waals surface area contributed by atoms with Crippen molar-refractivity contribution in [2.45, 2.75) is 13.3 Å². The second kappa shape index (κ2) is 4.92. The SMILES string of the molecule is CC/C(C=O)=C/c1ccc(Br)cn1. The Morgan fingerprint density at radius 1 is 1.62 bits per heavy atom. The van der Waals surface area contributed by atoms with Gasteiger partial charge in [0.15, 0.2) is 0 Å². The molecule has 3 heteroatoms. The Labute approximate surface area is 85.8 Å². The lowest BCUT2D eigenvalue weighted by Crippen LogP contribution is -1.84. The van der Waals surface area contributed by atoms with Crippen molar-refractivity contribution >= 4 is 28.3 Å². The molecule has 1 aromatic rings. The summed E-state index contributed by atoms with van der Waals surface area (Å²) in [6, 6.07) is 3.76. The van der Waals surface area contributed by atoms with Gasteiger partial charge in [0.25, 0.3) is 0 Å². The average Bonchev–Trinajstić information content (AvgIpc) is 2.17. The summed E-state index contributed by atoms with van der Waals surface area (Å²) < 4.78 is 0.939. The van der Waals surface area contributed by atoms with Gasteiger partial charge in [-0.2, -0.15) is 0 Å². The van der Waals surface area contributed by atoms with E-state index in [2.05, 4.69) is 20.9 Å². The highest BCUT2D eigenvalue weighted by molar-refractivity contribution is 9.10. The van der Waals surface area contributed by atoms with Crippen LogP contribution in [0.5, 0.6) is 0 Å². The Balaban J connectivity index is 2.90. The van der Waals surface area contributed by atoms with Crippen LogP contribution in [0.25, 0.3) is 6.08 Å². The van der Waals surface area contributed by atoms with Gasteiger partial charge in [0.2, 0.25) is 0 Å². The molecule has 0 spiro atoms. The molecule has 0 saturated carbocycles. The molecule has 0 aliphatic carbocycles. The summed E-state index contributed by atoms with van der Waals surface area (Å²) in [7, 11) is 0. The van der Waals surface area contributed by atoms with Crippen LogP contribution in [0.4, 0.5) is 0 Å². The Bertz CT molecular complexity index is 316. The van der Waals surface area contributed by atoms with E-state index in [4.69, 9.17) is 0 Å². The Morgan fingerprint density at radius 3 is 2.85 bits per heavy atom. The molecule has 0 N–H and O–H groups in total. The molecule has 0 bridgehead atoms. The third-order valence-corrected chi connectivity index (χ3v) is 2.11. The summed E-state index contributed by atoms with van der Waals surface area (Å²) in [5.41, 5.74) is 1.57. The number of hydrogen-bond acceptors (Lipinski definition) is 2. The summed E-state index contributed by atoms with van der Waals surface area (Å²) in [5, 5.41) is 0. The normalized spacial score (nSPS) is 11.4. The first-order valence-corrected chi connectivity index (χ1v) is 4.83. The van der Waals surface area contributed by atoms with Crippen molar-refractivity contribution in [1.82, 2.24) is 4.98 Å². The topological polar surface area (TPSA) is 30.0 Å². The number of carbonyl (C=O) groups is 1. The van der Waals surface area contributed by atoms with Gasteiger partial charge in [-0.15, -0.1) is 0 Å². The van der Waals surface area contributed by atoms with Crippen LogP contribution in [0.2, 0.25) is 0 Å². The van der Waals surface area contributed by atoms with Crippen LogP contribution in [0.3, 0.4) is 0 Å². The van der Waals surface area contributed by atoms with Crippen molar-refractivity contribution in [3.8, 4) is 0 Å². The zero-order valence-corrected chi connectivity index (χ0v) is 8.91. The minimum atomic E-state index is 0.737. The molecule has 0 aromatic carbocycles. The fourth-order valence-corrected chi connectivity index (χ4v) is 1.12. The zero-order valence-electron chi connectivity index (χ0n) is 7.33. The summed E-state index contributed by atoms with van der Waals surface area (Å²) in [5.74, 6) is 0. The molecule has 0 amide bonds. The van der Waals surface area contributed by atoms with Crippen LogP contribution in [-0.2, 0) is 4.79 Å². The maximum absolute atomic E-state index is 10.5. The number of halogens is 1. The second-order valence-corrected chi connectivity index (χ2v) is 3.51. The van der Waals surface area contributed by atoms with E-state index in [9.17, 15) is 4.79 Å². The highest BCUT2D eigenvalue weighted by Crippen LogP contribution is 2.10. The fourth-order valence-electron chi connectivity index (χ4n) is 0.882. The molecule has 0 radical (unpaired) electrons. The van der Waals surface area contributed by atoms with Gasteiger partial charge in [0.05, 0.1) is 5.69 Å². The number of carbonyl (C=O) groups excluding carboxylic acids is 1. The Kier molecular flexibility index (Phi) is 3.83. The molecular formula is C10H10BrNO. The highest BCUT2D eigenvalue weighted by atomic mass is 79.9. The van der Waals surface area contributed by atoms with Crippen LogP contribution >= 0.6 is 15.9 Å². The van der Waals surface area contributed by atoms with Gasteiger partial charge in [0, 0.05) is 10.7 Å². The Hall–Kier alpha value is -0.960. The van der Waals surface area contributed by atoms with Gasteiger partial charge in [-0.3, -0.25) is 9.78 Å². The summed E-state index contributed by atoms with van der Waals surface area (Å²) in [6.45, 7) is 1.94. The van der Waals surface area contributed by atoms with Gasteiger partial charge < -0.3 is 0 Å². The van der Waals surface area contributed by atoms with E-state index in [1.54, 1.807) is 12.3 Å². The molecular weight excluding hydrogens is 230 g/mol. The molecule has 0 aliphatic heterocycles. The fraction of sp³-hybridized carbons (Fsp3) is 0.200. The molecule has 0 atom stereocenters. The lowest BCUT2D eigenvalue weighted by Gasteiger charge is -1.95. The lowest BCUT2D eigenvalue weighted by atomic mass is 10.2. The summed E-state index contributed by atoms with van der Waals surface area (Å²) >= 11 is 3.29. The number of nitrogens with zero attached hydrogens (tertiary/aromatic N) is 1. The van der Waals surface area contributed by atoms with Gasteiger partial charge in [0.1, 0.15) is 6.29 Å². The van der Waals surface area contributed by atoms with E-state index in [1.165, 1.54) is 0 Å². The van der Waals surface area contributed by atoms with Crippen LogP contribution in [0, 0.1) is 0 Å². The third kappa shape index (κ3) is 3.11. The highest BCUT2D eigenvalue weighted by Gasteiger charge is 1.93. The van der Waals surface area contributed by atoms with Crippen molar-refractivity contribution in [1.29, 1.82) is 0 Å². The van der Waals surface area contributed by atoms with Crippen molar-refractivity contribution in [2.75, 3.05) is 0 Å². The quantitative estimate of drug-likeness (QED) is 0.600. The summed E-state index contributed by atoms with van der Waals surface area (Å²) in [6.07, 6.45) is 5.11. The first-order valence-electron chi connectivity index (χ1n) is 4.03. The minimum absolute atomic E-state index is 0.737. The van der Waals surface area contributed by atoms with Gasteiger partial charge >= 0.3 is 0 Å². The van der Waals surface area contributed by atoms with Gasteiger partial charge in [-0.1, -0.05) is 6.92 Å². The zero-order chi connectivity index (χ0) is 9.68. The lowest BCUT2D eigenvalue weighted by molar-refractivity contribution is -0.104. The number of aromatic nitrogens is 1. The Morgan fingerprint density at radius 2 is 2.38 bits per heavy atom. The molecule has 68 valence electrons. The van der Waals surface area contributed by atoms with Crippen LogP contribution in [-0.4, -0.2) is 11.3 Å². The number of pyridine rings is 1. The van der Waals surface area contributed by atoms with E-state index in [-0.39, 0.29) is 0 Å². The molecule has 0 fully saturated rings. The standard InChI is InChI=1S/C10H10BrNO/c1-2-8(7-13)5-10-4-3-9(11)6-12-10/h3-7H,2H2,1H3/b8-5-. The van der Waals surface area contributed by atoms with Crippen molar-refractivity contribution < 1.29 is 4.79 Å². The van der Waals surface area contributed by atoms with Gasteiger partial charge in [-0.25, -0.2) is 0 Å². The van der Waals surface area contributed by atoms with E-state index in [0.717, 1.165) is 28.4 Å². The average molecular weight is 240 g/mol. The number of hydrogen-bond donors (Lipinski definition) is 0. The molecule has 0 saturated heterocycles. The van der Waals surface area contributed by atoms with E-state index in [0.29, 0.717) is 0 Å². The number of allylic oxidation sites excluding steroid dienone is 1. The monoisotopic (exact) mass is 239 g/mol. The molecule has 1 heterocycles. The molecule has 2 nitrogen and oxygen atoms in total. The minimum Gasteiger partial charge on any atom is -0.298 e.